The molecule has 1 aliphatic carbocycles. The highest BCUT2D eigenvalue weighted by molar-refractivity contribution is 5.55. The zero-order valence-corrected chi connectivity index (χ0v) is 8.03. The number of aryl methyl sites for hydroxylation is 1. The van der Waals surface area contributed by atoms with Crippen LogP contribution >= 0.6 is 0 Å². The van der Waals surface area contributed by atoms with Crippen LogP contribution in [0, 0.1) is 18.3 Å². The lowest BCUT2D eigenvalue weighted by Crippen LogP contribution is -2.21. The fraction of sp³-hybridized carbons (Fsp3) is 0.400. The molecule has 1 heterocycles. The zero-order chi connectivity index (χ0) is 10.3. The first-order valence-electron chi connectivity index (χ1n) is 4.34. The molecule has 72 valence electrons. The maximum atomic E-state index is 9.49. The maximum Gasteiger partial charge on any atom is 0.219 e. The van der Waals surface area contributed by atoms with E-state index in [1.54, 1.807) is 6.92 Å². The topological polar surface area (TPSA) is 66.1 Å². The number of nitriles is 1. The van der Waals surface area contributed by atoms with Crippen molar-refractivity contribution < 1.29 is 9.84 Å². The molecule has 0 radical (unpaired) electrons. The Hall–Kier alpha value is -1.60. The lowest BCUT2D eigenvalue weighted by molar-refractivity contribution is 0.147. The van der Waals surface area contributed by atoms with Crippen molar-refractivity contribution in [2.45, 2.75) is 19.4 Å². The SMILES string of the molecule is COc1nc(C)c(C#N)c2c1C(O)C2. The number of hydrogen-bond donors (Lipinski definition) is 1. The summed E-state index contributed by atoms with van der Waals surface area (Å²) in [5.41, 5.74) is 2.79. The molecule has 0 spiro atoms. The van der Waals surface area contributed by atoms with Gasteiger partial charge in [0.05, 0.1) is 24.5 Å². The van der Waals surface area contributed by atoms with Crippen LogP contribution in [-0.2, 0) is 6.42 Å². The lowest BCUT2D eigenvalue weighted by Gasteiger charge is -2.28. The van der Waals surface area contributed by atoms with Crippen molar-refractivity contribution in [3.63, 3.8) is 0 Å². The first kappa shape index (κ1) is 8.97. The summed E-state index contributed by atoms with van der Waals surface area (Å²) in [6.45, 7) is 1.77. The molecule has 1 atom stereocenters. The highest BCUT2D eigenvalue weighted by Gasteiger charge is 2.33. The molecule has 0 aliphatic heterocycles. The third-order valence-corrected chi connectivity index (χ3v) is 2.52. The standard InChI is InChI=1S/C10H10N2O2/c1-5-7(4-11)6-3-8(13)9(6)10(12-5)14-2/h8,13H,3H2,1-2H3. The van der Waals surface area contributed by atoms with Crippen LogP contribution in [0.25, 0.3) is 0 Å². The Morgan fingerprint density at radius 2 is 2.36 bits per heavy atom. The number of rotatable bonds is 1. The van der Waals surface area contributed by atoms with Crippen molar-refractivity contribution in [1.82, 2.24) is 4.98 Å². The molecule has 0 bridgehead atoms. The van der Waals surface area contributed by atoms with Crippen molar-refractivity contribution in [1.29, 1.82) is 5.26 Å². The van der Waals surface area contributed by atoms with Gasteiger partial charge in [0, 0.05) is 12.0 Å². The van der Waals surface area contributed by atoms with Gasteiger partial charge in [-0.1, -0.05) is 0 Å². The molecule has 4 nitrogen and oxygen atoms in total. The van der Waals surface area contributed by atoms with E-state index in [1.807, 2.05) is 0 Å². The highest BCUT2D eigenvalue weighted by atomic mass is 16.5. The number of methoxy groups -OCH3 is 1. The number of nitrogens with zero attached hydrogens (tertiary/aromatic N) is 2. The van der Waals surface area contributed by atoms with E-state index < -0.39 is 6.10 Å². The number of hydrogen-bond acceptors (Lipinski definition) is 4. The van der Waals surface area contributed by atoms with E-state index in [2.05, 4.69) is 11.1 Å². The van der Waals surface area contributed by atoms with Gasteiger partial charge in [-0.2, -0.15) is 5.26 Å². The van der Waals surface area contributed by atoms with Crippen molar-refractivity contribution in [3.8, 4) is 11.9 Å². The van der Waals surface area contributed by atoms with Crippen molar-refractivity contribution in [2.24, 2.45) is 0 Å². The molecule has 4 heteroatoms. The molecule has 1 aromatic rings. The molecule has 2 rings (SSSR count). The van der Waals surface area contributed by atoms with Gasteiger partial charge in [-0.05, 0) is 12.5 Å². The Balaban J connectivity index is 2.67. The van der Waals surface area contributed by atoms with Crippen LogP contribution in [-0.4, -0.2) is 17.2 Å². The van der Waals surface area contributed by atoms with Gasteiger partial charge in [0.2, 0.25) is 5.88 Å². The van der Waals surface area contributed by atoms with Gasteiger partial charge in [-0.3, -0.25) is 0 Å². The molecule has 1 unspecified atom stereocenters. The van der Waals surface area contributed by atoms with E-state index in [-0.39, 0.29) is 0 Å². The second-order valence-corrected chi connectivity index (χ2v) is 3.31. The second-order valence-electron chi connectivity index (χ2n) is 3.31. The minimum absolute atomic E-state index is 0.440. The molecule has 0 fully saturated rings. The molecule has 14 heavy (non-hydrogen) atoms. The van der Waals surface area contributed by atoms with Gasteiger partial charge < -0.3 is 9.84 Å². The predicted octanol–water partition coefficient (Wildman–Crippen LogP) is 0.860. The zero-order valence-electron chi connectivity index (χ0n) is 8.03. The smallest absolute Gasteiger partial charge is 0.219 e. The maximum absolute atomic E-state index is 9.49. The Bertz CT molecular complexity index is 435. The fourth-order valence-electron chi connectivity index (χ4n) is 1.77. The summed E-state index contributed by atoms with van der Waals surface area (Å²) in [4.78, 5) is 4.12. The van der Waals surface area contributed by atoms with E-state index in [1.165, 1.54) is 7.11 Å². The number of aliphatic hydroxyl groups is 1. The average molecular weight is 190 g/mol. The average Bonchev–Trinajstić information content (AvgIpc) is 2.15. The lowest BCUT2D eigenvalue weighted by atomic mass is 9.82. The summed E-state index contributed by atoms with van der Waals surface area (Å²) in [5, 5.41) is 18.4. The van der Waals surface area contributed by atoms with Crippen LogP contribution in [0.5, 0.6) is 5.88 Å². The largest absolute Gasteiger partial charge is 0.481 e. The molecule has 0 amide bonds. The van der Waals surface area contributed by atoms with Gasteiger partial charge in [0.15, 0.2) is 0 Å². The third kappa shape index (κ3) is 0.994. The number of aromatic nitrogens is 1. The normalized spacial score (nSPS) is 18.0. The summed E-state index contributed by atoms with van der Waals surface area (Å²) in [5.74, 6) is 0.440. The molecule has 0 aromatic carbocycles. The predicted molar refractivity (Wildman–Crippen MR) is 48.9 cm³/mol. The number of pyridine rings is 1. The summed E-state index contributed by atoms with van der Waals surface area (Å²) < 4.78 is 5.05. The monoisotopic (exact) mass is 190 g/mol. The van der Waals surface area contributed by atoms with Crippen molar-refractivity contribution in [2.75, 3.05) is 7.11 Å². The van der Waals surface area contributed by atoms with E-state index in [0.29, 0.717) is 29.1 Å². The molecular weight excluding hydrogens is 180 g/mol. The van der Waals surface area contributed by atoms with Gasteiger partial charge >= 0.3 is 0 Å². The number of aliphatic hydroxyl groups excluding tert-OH is 1. The first-order chi connectivity index (χ1) is 6.69. The third-order valence-electron chi connectivity index (χ3n) is 2.52. The van der Waals surface area contributed by atoms with Gasteiger partial charge in [-0.15, -0.1) is 0 Å². The summed E-state index contributed by atoms with van der Waals surface area (Å²) in [6.07, 6.45) is -0.00190. The summed E-state index contributed by atoms with van der Waals surface area (Å²) in [6, 6.07) is 2.10. The molecule has 0 saturated heterocycles. The highest BCUT2D eigenvalue weighted by Crippen LogP contribution is 2.41. The van der Waals surface area contributed by atoms with Crippen LogP contribution < -0.4 is 4.74 Å². The van der Waals surface area contributed by atoms with E-state index >= 15 is 0 Å². The Labute approximate surface area is 81.8 Å². The minimum atomic E-state index is -0.528. The number of fused-ring (bicyclic) bond motifs is 1. The van der Waals surface area contributed by atoms with E-state index in [9.17, 15) is 5.11 Å². The minimum Gasteiger partial charge on any atom is -0.481 e. The Kier molecular flexibility index (Phi) is 1.90. The second kappa shape index (κ2) is 2.96. The quantitative estimate of drug-likeness (QED) is 0.713. The van der Waals surface area contributed by atoms with Gasteiger partial charge in [0.1, 0.15) is 6.07 Å². The van der Waals surface area contributed by atoms with Crippen LogP contribution in [0.2, 0.25) is 0 Å². The van der Waals surface area contributed by atoms with Gasteiger partial charge in [0.25, 0.3) is 0 Å². The number of ether oxygens (including phenoxy) is 1. The van der Waals surface area contributed by atoms with Crippen molar-refractivity contribution in [3.05, 3.63) is 22.4 Å². The van der Waals surface area contributed by atoms with E-state index in [4.69, 9.17) is 10.00 Å². The Morgan fingerprint density at radius 1 is 1.64 bits per heavy atom. The summed E-state index contributed by atoms with van der Waals surface area (Å²) >= 11 is 0. The first-order valence-corrected chi connectivity index (χ1v) is 4.34. The van der Waals surface area contributed by atoms with Crippen LogP contribution in [0.4, 0.5) is 0 Å². The Morgan fingerprint density at radius 3 is 2.86 bits per heavy atom. The molecule has 1 aromatic heterocycles. The molecular formula is C10H10N2O2. The van der Waals surface area contributed by atoms with Crippen LogP contribution in [0.1, 0.15) is 28.5 Å². The molecule has 0 saturated carbocycles. The molecule has 1 N–H and O–H groups in total. The molecule has 1 aliphatic rings. The van der Waals surface area contributed by atoms with Crippen LogP contribution in [0.15, 0.2) is 0 Å². The van der Waals surface area contributed by atoms with Gasteiger partial charge in [-0.25, -0.2) is 4.98 Å². The van der Waals surface area contributed by atoms with Crippen LogP contribution in [0.3, 0.4) is 0 Å². The fourth-order valence-corrected chi connectivity index (χ4v) is 1.77. The summed E-state index contributed by atoms with van der Waals surface area (Å²) in [7, 11) is 1.51. The van der Waals surface area contributed by atoms with E-state index in [0.717, 1.165) is 5.56 Å². The van der Waals surface area contributed by atoms with Crippen molar-refractivity contribution >= 4 is 0 Å².